The first kappa shape index (κ1) is 15.7. The van der Waals surface area contributed by atoms with Crippen LogP contribution in [-0.2, 0) is 7.05 Å². The van der Waals surface area contributed by atoms with Crippen molar-refractivity contribution < 1.29 is 4.79 Å². The highest BCUT2D eigenvalue weighted by Crippen LogP contribution is 2.32. The van der Waals surface area contributed by atoms with Crippen LogP contribution >= 0.6 is 0 Å². The van der Waals surface area contributed by atoms with Gasteiger partial charge in [0.1, 0.15) is 11.4 Å². The molecular weight excluding hydrogens is 330 g/mol. The lowest BCUT2D eigenvalue weighted by molar-refractivity contribution is 0.0996. The summed E-state index contributed by atoms with van der Waals surface area (Å²) < 4.78 is 1.67. The van der Waals surface area contributed by atoms with Crippen molar-refractivity contribution in [3.63, 3.8) is 0 Å². The Bertz CT molecular complexity index is 1070. The monoisotopic (exact) mass is 345 g/mol. The van der Waals surface area contributed by atoms with Gasteiger partial charge in [0.15, 0.2) is 0 Å². The Morgan fingerprint density at radius 2 is 1.96 bits per heavy atom. The predicted molar refractivity (Wildman–Crippen MR) is 95.8 cm³/mol. The number of H-pyrrole nitrogens is 1. The number of carbonyl (C=O) groups excluding carboxylic acids is 1. The lowest BCUT2D eigenvalue weighted by atomic mass is 10.0. The van der Waals surface area contributed by atoms with E-state index in [1.165, 1.54) is 0 Å². The molecule has 0 aliphatic heterocycles. The average Bonchev–Trinajstić information content (AvgIpc) is 3.31. The van der Waals surface area contributed by atoms with Gasteiger partial charge in [-0.05, 0) is 30.3 Å². The summed E-state index contributed by atoms with van der Waals surface area (Å²) in [7, 11) is 1.81. The lowest BCUT2D eigenvalue weighted by Gasteiger charge is -2.08. The van der Waals surface area contributed by atoms with Crippen LogP contribution in [0.25, 0.3) is 33.9 Å². The maximum atomic E-state index is 12.1. The van der Waals surface area contributed by atoms with Gasteiger partial charge in [-0.2, -0.15) is 10.2 Å². The summed E-state index contributed by atoms with van der Waals surface area (Å²) in [6.07, 6.45) is 5.14. The van der Waals surface area contributed by atoms with Crippen molar-refractivity contribution >= 4 is 5.91 Å². The average molecular weight is 345 g/mol. The summed E-state index contributed by atoms with van der Waals surface area (Å²) in [5.41, 5.74) is 9.77. The Morgan fingerprint density at radius 3 is 2.65 bits per heavy atom. The second-order valence-corrected chi connectivity index (χ2v) is 5.71. The molecule has 0 aliphatic carbocycles. The first-order valence-corrected chi connectivity index (χ1v) is 7.89. The minimum atomic E-state index is -0.614. The van der Waals surface area contributed by atoms with Gasteiger partial charge in [0.05, 0.1) is 17.1 Å². The van der Waals surface area contributed by atoms with E-state index in [2.05, 4.69) is 25.3 Å². The normalized spacial score (nSPS) is 10.8. The van der Waals surface area contributed by atoms with Crippen LogP contribution in [0.3, 0.4) is 0 Å². The molecule has 8 nitrogen and oxygen atoms in total. The van der Waals surface area contributed by atoms with Crippen molar-refractivity contribution in [2.24, 2.45) is 12.8 Å². The quantitative estimate of drug-likeness (QED) is 0.587. The molecule has 4 heterocycles. The van der Waals surface area contributed by atoms with Crippen molar-refractivity contribution in [1.82, 2.24) is 29.9 Å². The molecule has 4 rings (SSSR count). The number of nitrogens with one attached hydrogen (secondary N) is 1. The zero-order valence-electron chi connectivity index (χ0n) is 13.9. The third kappa shape index (κ3) is 2.73. The molecule has 26 heavy (non-hydrogen) atoms. The summed E-state index contributed by atoms with van der Waals surface area (Å²) in [4.78, 5) is 20.8. The molecule has 0 radical (unpaired) electrons. The zero-order chi connectivity index (χ0) is 18.1. The number of rotatable bonds is 4. The van der Waals surface area contributed by atoms with E-state index >= 15 is 0 Å². The summed E-state index contributed by atoms with van der Waals surface area (Å²) in [6.45, 7) is 0. The van der Waals surface area contributed by atoms with Crippen molar-refractivity contribution in [2.45, 2.75) is 0 Å². The van der Waals surface area contributed by atoms with E-state index < -0.39 is 5.91 Å². The van der Waals surface area contributed by atoms with Crippen LogP contribution in [0.15, 0.2) is 55.0 Å². The van der Waals surface area contributed by atoms with E-state index in [1.807, 2.05) is 43.6 Å². The number of nitrogens with two attached hydrogens (primary N) is 1. The van der Waals surface area contributed by atoms with Crippen molar-refractivity contribution in [1.29, 1.82) is 0 Å². The highest BCUT2D eigenvalue weighted by molar-refractivity contribution is 6.00. The fourth-order valence-electron chi connectivity index (χ4n) is 2.79. The van der Waals surface area contributed by atoms with Crippen LogP contribution in [0.2, 0.25) is 0 Å². The Morgan fingerprint density at radius 1 is 1.08 bits per heavy atom. The first-order chi connectivity index (χ1) is 12.6. The molecule has 0 unspecified atom stereocenters. The van der Waals surface area contributed by atoms with E-state index in [1.54, 1.807) is 23.1 Å². The molecule has 0 saturated heterocycles. The van der Waals surface area contributed by atoms with E-state index in [4.69, 9.17) is 5.73 Å². The smallest absolute Gasteiger partial charge is 0.267 e. The fourth-order valence-corrected chi connectivity index (χ4v) is 2.79. The van der Waals surface area contributed by atoms with Gasteiger partial charge >= 0.3 is 0 Å². The first-order valence-electron chi connectivity index (χ1n) is 7.89. The summed E-state index contributed by atoms with van der Waals surface area (Å²) in [5.74, 6) is -0.614. The number of pyridine rings is 2. The number of carbonyl (C=O) groups is 1. The highest BCUT2D eigenvalue weighted by Gasteiger charge is 2.20. The van der Waals surface area contributed by atoms with Gasteiger partial charge in [-0.3, -0.25) is 19.6 Å². The fraction of sp³-hybridized carbons (Fsp3) is 0.0556. The molecule has 0 aromatic carbocycles. The number of nitrogens with zero attached hydrogens (tertiary/aromatic N) is 5. The summed E-state index contributed by atoms with van der Waals surface area (Å²) >= 11 is 0. The minimum absolute atomic E-state index is 0.169. The second-order valence-electron chi connectivity index (χ2n) is 5.71. The molecule has 8 heteroatoms. The van der Waals surface area contributed by atoms with Crippen molar-refractivity contribution in [2.75, 3.05) is 0 Å². The van der Waals surface area contributed by atoms with Gasteiger partial charge in [0.25, 0.3) is 5.91 Å². The molecule has 0 aliphatic rings. The third-order valence-corrected chi connectivity index (χ3v) is 3.93. The van der Waals surface area contributed by atoms with Gasteiger partial charge in [-0.15, -0.1) is 0 Å². The van der Waals surface area contributed by atoms with Crippen LogP contribution in [0.4, 0.5) is 0 Å². The summed E-state index contributed by atoms with van der Waals surface area (Å²) in [5, 5.41) is 11.2. The molecule has 0 saturated carbocycles. The van der Waals surface area contributed by atoms with Gasteiger partial charge in [-0.25, -0.2) is 4.98 Å². The molecule has 3 N–H and O–H groups in total. The topological polar surface area (TPSA) is 115 Å². The van der Waals surface area contributed by atoms with Gasteiger partial charge in [0, 0.05) is 36.8 Å². The predicted octanol–water partition coefficient (Wildman–Crippen LogP) is 2.03. The molecule has 0 atom stereocenters. The standard InChI is InChI=1S/C18H15N7O/c1-25-10-12(16(24-25)15-4-2-3-8-20-15)11-5-6-13(14-7-9-21-23-14)22-17(11)18(19)26/h2-10H,1H3,(H2,19,26)(H,21,23). The number of amides is 1. The number of hydrogen-bond acceptors (Lipinski definition) is 5. The SMILES string of the molecule is Cn1cc(-c2ccc(-c3ccn[nH]3)nc2C(N)=O)c(-c2ccccn2)n1. The largest absolute Gasteiger partial charge is 0.364 e. The Balaban J connectivity index is 1.90. The maximum absolute atomic E-state index is 12.1. The second kappa shape index (κ2) is 6.25. The maximum Gasteiger partial charge on any atom is 0.267 e. The van der Waals surface area contributed by atoms with Crippen LogP contribution in [0, 0.1) is 0 Å². The van der Waals surface area contributed by atoms with Gasteiger partial charge < -0.3 is 5.73 Å². The van der Waals surface area contributed by atoms with E-state index in [0.29, 0.717) is 28.3 Å². The Labute approximate surface area is 148 Å². The lowest BCUT2D eigenvalue weighted by Crippen LogP contribution is -2.15. The minimum Gasteiger partial charge on any atom is -0.364 e. The number of aromatic amines is 1. The van der Waals surface area contributed by atoms with Crippen molar-refractivity contribution in [3.05, 3.63) is 60.7 Å². The highest BCUT2D eigenvalue weighted by atomic mass is 16.1. The van der Waals surface area contributed by atoms with Crippen LogP contribution in [-0.4, -0.2) is 35.9 Å². The third-order valence-electron chi connectivity index (χ3n) is 3.93. The van der Waals surface area contributed by atoms with Crippen LogP contribution in [0.5, 0.6) is 0 Å². The van der Waals surface area contributed by atoms with Crippen LogP contribution in [0.1, 0.15) is 10.5 Å². The zero-order valence-corrected chi connectivity index (χ0v) is 13.9. The number of aromatic nitrogens is 6. The molecule has 4 aromatic heterocycles. The molecule has 0 bridgehead atoms. The van der Waals surface area contributed by atoms with E-state index in [0.717, 1.165) is 5.56 Å². The Kier molecular flexibility index (Phi) is 3.77. The van der Waals surface area contributed by atoms with Gasteiger partial charge in [0.2, 0.25) is 0 Å². The van der Waals surface area contributed by atoms with Gasteiger partial charge in [-0.1, -0.05) is 6.07 Å². The molecular formula is C18H15N7O. The number of hydrogen-bond donors (Lipinski definition) is 2. The van der Waals surface area contributed by atoms with Crippen LogP contribution < -0.4 is 5.73 Å². The van der Waals surface area contributed by atoms with E-state index in [-0.39, 0.29) is 5.69 Å². The van der Waals surface area contributed by atoms with Crippen molar-refractivity contribution in [3.8, 4) is 33.9 Å². The summed E-state index contributed by atoms with van der Waals surface area (Å²) in [6, 6.07) is 11.0. The number of primary amides is 1. The van der Waals surface area contributed by atoms with E-state index in [9.17, 15) is 4.79 Å². The molecule has 0 fully saturated rings. The molecule has 128 valence electrons. The molecule has 1 amide bonds. The number of aryl methyl sites for hydroxylation is 1. The Hall–Kier alpha value is -3.81. The molecule has 0 spiro atoms. The molecule has 4 aromatic rings.